The molecule has 0 aliphatic carbocycles. The van der Waals surface area contributed by atoms with E-state index in [1.54, 1.807) is 42.6 Å². The zero-order valence-electron chi connectivity index (χ0n) is 14.8. The quantitative estimate of drug-likeness (QED) is 0.654. The summed E-state index contributed by atoms with van der Waals surface area (Å²) in [6.45, 7) is 2.65. The third-order valence-electron chi connectivity index (χ3n) is 3.74. The first-order valence-electron chi connectivity index (χ1n) is 8.47. The van der Waals surface area contributed by atoms with E-state index >= 15 is 0 Å². The van der Waals surface area contributed by atoms with Gasteiger partial charge in [-0.1, -0.05) is 24.3 Å². The molecule has 0 spiro atoms. The lowest BCUT2D eigenvalue weighted by Crippen LogP contribution is -2.25. The average molecular weight is 381 g/mol. The summed E-state index contributed by atoms with van der Waals surface area (Å²) in [5.74, 6) is -0.0286. The molecule has 27 heavy (non-hydrogen) atoms. The molecule has 0 bridgehead atoms. The topological polar surface area (TPSA) is 80.3 Å². The van der Waals surface area contributed by atoms with Gasteiger partial charge in [0, 0.05) is 18.3 Å². The summed E-state index contributed by atoms with van der Waals surface area (Å²) in [4.78, 5) is 29.7. The van der Waals surface area contributed by atoms with Crippen LogP contribution in [-0.4, -0.2) is 23.4 Å². The molecular weight excluding hydrogens is 362 g/mol. The first-order chi connectivity index (χ1) is 13.2. The van der Waals surface area contributed by atoms with Crippen LogP contribution in [0, 0.1) is 0 Å². The maximum atomic E-state index is 12.7. The van der Waals surface area contributed by atoms with Crippen molar-refractivity contribution in [2.75, 3.05) is 11.9 Å². The van der Waals surface area contributed by atoms with Gasteiger partial charge in [-0.3, -0.25) is 9.59 Å². The number of benzene rings is 1. The first kappa shape index (κ1) is 18.6. The Bertz CT molecular complexity index is 926. The normalized spacial score (nSPS) is 10.3. The summed E-state index contributed by atoms with van der Waals surface area (Å²) in [6, 6.07) is 14.1. The van der Waals surface area contributed by atoms with Crippen molar-refractivity contribution in [1.82, 2.24) is 10.3 Å². The molecule has 0 unspecified atom stereocenters. The molecule has 138 valence electrons. The van der Waals surface area contributed by atoms with E-state index in [4.69, 9.17) is 4.74 Å². The fourth-order valence-electron chi connectivity index (χ4n) is 2.48. The summed E-state index contributed by atoms with van der Waals surface area (Å²) >= 11 is 1.34. The Morgan fingerprint density at radius 2 is 1.93 bits per heavy atom. The van der Waals surface area contributed by atoms with E-state index in [0.29, 0.717) is 28.6 Å². The van der Waals surface area contributed by atoms with Crippen LogP contribution < -0.4 is 15.4 Å². The van der Waals surface area contributed by atoms with Crippen molar-refractivity contribution in [3.63, 3.8) is 0 Å². The van der Waals surface area contributed by atoms with Crippen LogP contribution in [0.4, 0.5) is 5.69 Å². The predicted molar refractivity (Wildman–Crippen MR) is 105 cm³/mol. The number of para-hydroxylation sites is 1. The second kappa shape index (κ2) is 8.95. The van der Waals surface area contributed by atoms with Gasteiger partial charge in [0.25, 0.3) is 11.8 Å². The fraction of sp³-hybridized carbons (Fsp3) is 0.150. The first-order valence-corrected chi connectivity index (χ1v) is 9.35. The SMILES string of the molecule is CCOc1ncccc1CNC(=O)c1ccccc1NC(=O)c1cccs1. The summed E-state index contributed by atoms with van der Waals surface area (Å²) < 4.78 is 5.47. The van der Waals surface area contributed by atoms with Crippen LogP contribution in [0.15, 0.2) is 60.1 Å². The van der Waals surface area contributed by atoms with Gasteiger partial charge >= 0.3 is 0 Å². The van der Waals surface area contributed by atoms with Crippen LogP contribution in [0.25, 0.3) is 0 Å². The number of hydrogen-bond donors (Lipinski definition) is 2. The lowest BCUT2D eigenvalue weighted by atomic mass is 10.1. The largest absolute Gasteiger partial charge is 0.478 e. The molecule has 0 atom stereocenters. The van der Waals surface area contributed by atoms with E-state index in [2.05, 4.69) is 15.6 Å². The van der Waals surface area contributed by atoms with Crippen LogP contribution >= 0.6 is 11.3 Å². The molecule has 0 radical (unpaired) electrons. The molecule has 1 aromatic carbocycles. The number of thiophene rings is 1. The van der Waals surface area contributed by atoms with Crippen molar-refractivity contribution < 1.29 is 14.3 Å². The number of pyridine rings is 1. The number of nitrogens with one attached hydrogen (secondary N) is 2. The van der Waals surface area contributed by atoms with Gasteiger partial charge in [-0.2, -0.15) is 0 Å². The number of rotatable bonds is 7. The van der Waals surface area contributed by atoms with E-state index in [0.717, 1.165) is 5.56 Å². The van der Waals surface area contributed by atoms with Crippen LogP contribution in [0.1, 0.15) is 32.5 Å². The van der Waals surface area contributed by atoms with Gasteiger partial charge in [-0.15, -0.1) is 11.3 Å². The molecule has 0 fully saturated rings. The number of carbonyl (C=O) groups excluding carboxylic acids is 2. The summed E-state index contributed by atoms with van der Waals surface area (Å²) in [5, 5.41) is 7.48. The Hall–Kier alpha value is -3.19. The van der Waals surface area contributed by atoms with Crippen LogP contribution in [0.5, 0.6) is 5.88 Å². The Morgan fingerprint density at radius 3 is 2.70 bits per heavy atom. The summed E-state index contributed by atoms with van der Waals surface area (Å²) in [5.41, 5.74) is 1.64. The van der Waals surface area contributed by atoms with Gasteiger partial charge in [0.15, 0.2) is 0 Å². The second-order valence-electron chi connectivity index (χ2n) is 5.56. The zero-order valence-corrected chi connectivity index (χ0v) is 15.6. The molecule has 6 nitrogen and oxygen atoms in total. The third kappa shape index (κ3) is 4.71. The number of nitrogens with zero attached hydrogens (tertiary/aromatic N) is 1. The van der Waals surface area contributed by atoms with Crippen molar-refractivity contribution in [3.05, 3.63) is 76.1 Å². The van der Waals surface area contributed by atoms with Crippen molar-refractivity contribution in [2.45, 2.75) is 13.5 Å². The minimum Gasteiger partial charge on any atom is -0.478 e. The fourth-order valence-corrected chi connectivity index (χ4v) is 3.10. The molecule has 2 heterocycles. The Balaban J connectivity index is 1.71. The number of carbonyl (C=O) groups is 2. The number of hydrogen-bond acceptors (Lipinski definition) is 5. The lowest BCUT2D eigenvalue weighted by molar-refractivity contribution is 0.0951. The molecular formula is C20H19N3O3S. The third-order valence-corrected chi connectivity index (χ3v) is 4.60. The Kier molecular flexibility index (Phi) is 6.17. The van der Waals surface area contributed by atoms with Gasteiger partial charge in [0.1, 0.15) is 0 Å². The molecule has 0 aliphatic rings. The van der Waals surface area contributed by atoms with Crippen molar-refractivity contribution in [3.8, 4) is 5.88 Å². The van der Waals surface area contributed by atoms with E-state index in [9.17, 15) is 9.59 Å². The maximum absolute atomic E-state index is 12.7. The molecule has 3 aromatic rings. The van der Waals surface area contributed by atoms with Gasteiger partial charge < -0.3 is 15.4 Å². The smallest absolute Gasteiger partial charge is 0.265 e. The van der Waals surface area contributed by atoms with E-state index in [1.807, 2.05) is 24.4 Å². The van der Waals surface area contributed by atoms with Crippen molar-refractivity contribution in [1.29, 1.82) is 0 Å². The standard InChI is InChI=1S/C20H19N3O3S/c1-2-26-20-14(7-5-11-21-20)13-22-18(24)15-8-3-4-9-16(15)23-19(25)17-10-6-12-27-17/h3-12H,2,13H2,1H3,(H,22,24)(H,23,25). The molecule has 0 saturated heterocycles. The monoisotopic (exact) mass is 381 g/mol. The summed E-state index contributed by atoms with van der Waals surface area (Å²) in [6.07, 6.45) is 1.64. The predicted octanol–water partition coefficient (Wildman–Crippen LogP) is 3.72. The van der Waals surface area contributed by atoms with E-state index in [-0.39, 0.29) is 18.4 Å². The van der Waals surface area contributed by atoms with Crippen LogP contribution in [-0.2, 0) is 6.54 Å². The van der Waals surface area contributed by atoms with Crippen LogP contribution in [0.2, 0.25) is 0 Å². The number of amides is 2. The minimum absolute atomic E-state index is 0.240. The van der Waals surface area contributed by atoms with Crippen molar-refractivity contribution >= 4 is 28.8 Å². The molecule has 2 aromatic heterocycles. The molecule has 2 N–H and O–H groups in total. The van der Waals surface area contributed by atoms with Crippen molar-refractivity contribution in [2.24, 2.45) is 0 Å². The number of aromatic nitrogens is 1. The average Bonchev–Trinajstić information content (AvgIpc) is 3.23. The minimum atomic E-state index is -0.289. The summed E-state index contributed by atoms with van der Waals surface area (Å²) in [7, 11) is 0. The van der Waals surface area contributed by atoms with Crippen LogP contribution in [0.3, 0.4) is 0 Å². The molecule has 2 amide bonds. The highest BCUT2D eigenvalue weighted by molar-refractivity contribution is 7.12. The van der Waals surface area contributed by atoms with Gasteiger partial charge in [0.2, 0.25) is 5.88 Å². The van der Waals surface area contributed by atoms with E-state index in [1.165, 1.54) is 11.3 Å². The Morgan fingerprint density at radius 1 is 1.07 bits per heavy atom. The van der Waals surface area contributed by atoms with Gasteiger partial charge in [0.05, 0.1) is 22.7 Å². The highest BCUT2D eigenvalue weighted by Crippen LogP contribution is 2.19. The maximum Gasteiger partial charge on any atom is 0.265 e. The molecule has 0 aliphatic heterocycles. The van der Waals surface area contributed by atoms with Gasteiger partial charge in [-0.25, -0.2) is 4.98 Å². The van der Waals surface area contributed by atoms with Gasteiger partial charge in [-0.05, 0) is 36.6 Å². The zero-order chi connectivity index (χ0) is 19.1. The molecule has 7 heteroatoms. The Labute approximate surface area is 161 Å². The number of anilines is 1. The number of ether oxygens (including phenoxy) is 1. The molecule has 3 rings (SSSR count). The lowest BCUT2D eigenvalue weighted by Gasteiger charge is -2.12. The highest BCUT2D eigenvalue weighted by Gasteiger charge is 2.15. The highest BCUT2D eigenvalue weighted by atomic mass is 32.1. The molecule has 0 saturated carbocycles. The second-order valence-corrected chi connectivity index (χ2v) is 6.51. The van der Waals surface area contributed by atoms with E-state index < -0.39 is 0 Å².